The first-order chi connectivity index (χ1) is 7.24. The van der Waals surface area contributed by atoms with Gasteiger partial charge < -0.3 is 0 Å². The molecule has 0 radical (unpaired) electrons. The molecular formula is C12H13NOS. The Kier molecular flexibility index (Phi) is 2.88. The van der Waals surface area contributed by atoms with Gasteiger partial charge in [-0.05, 0) is 30.2 Å². The minimum Gasteiger partial charge on any atom is -0.297 e. The van der Waals surface area contributed by atoms with Crippen LogP contribution in [0.2, 0.25) is 0 Å². The van der Waals surface area contributed by atoms with Crippen molar-refractivity contribution >= 4 is 17.1 Å². The normalized spacial score (nSPS) is 19.2. The van der Waals surface area contributed by atoms with Crippen LogP contribution in [0.5, 0.6) is 0 Å². The Labute approximate surface area is 93.5 Å². The van der Waals surface area contributed by atoms with Crippen LogP contribution in [0, 0.1) is 23.2 Å². The van der Waals surface area contributed by atoms with Crippen LogP contribution in [0.4, 0.5) is 0 Å². The van der Waals surface area contributed by atoms with Gasteiger partial charge in [-0.25, -0.2) is 0 Å². The Bertz CT molecular complexity index is 386. The van der Waals surface area contributed by atoms with Crippen LogP contribution in [0.15, 0.2) is 17.5 Å². The van der Waals surface area contributed by atoms with E-state index < -0.39 is 5.92 Å². The Morgan fingerprint density at radius 2 is 2.40 bits per heavy atom. The van der Waals surface area contributed by atoms with Crippen molar-refractivity contribution in [2.75, 3.05) is 0 Å². The van der Waals surface area contributed by atoms with E-state index in [0.29, 0.717) is 5.92 Å². The van der Waals surface area contributed by atoms with E-state index in [1.807, 2.05) is 24.4 Å². The molecule has 3 heteroatoms. The predicted molar refractivity (Wildman–Crippen MR) is 59.6 cm³/mol. The van der Waals surface area contributed by atoms with Crippen LogP contribution >= 0.6 is 11.3 Å². The number of hydrogen-bond donors (Lipinski definition) is 0. The highest BCUT2D eigenvalue weighted by Gasteiger charge is 2.36. The van der Waals surface area contributed by atoms with Gasteiger partial charge in [-0.2, -0.15) is 5.26 Å². The Morgan fingerprint density at radius 1 is 1.67 bits per heavy atom. The predicted octanol–water partition coefficient (Wildman–Crippen LogP) is 2.97. The van der Waals surface area contributed by atoms with Crippen LogP contribution in [0.1, 0.15) is 30.6 Å². The van der Waals surface area contributed by atoms with E-state index in [-0.39, 0.29) is 11.7 Å². The van der Waals surface area contributed by atoms with Crippen LogP contribution in [-0.4, -0.2) is 5.78 Å². The number of Topliss-reactive ketones (excluding diaryl/α,β-unsaturated/α-hetero) is 1. The molecule has 1 heterocycles. The van der Waals surface area contributed by atoms with E-state index in [1.54, 1.807) is 0 Å². The van der Waals surface area contributed by atoms with Crippen molar-refractivity contribution in [1.82, 2.24) is 0 Å². The molecule has 2 nitrogen and oxygen atoms in total. The topological polar surface area (TPSA) is 40.9 Å². The summed E-state index contributed by atoms with van der Waals surface area (Å²) in [4.78, 5) is 12.9. The quantitative estimate of drug-likeness (QED) is 0.781. The third kappa shape index (κ3) is 2.10. The van der Waals surface area contributed by atoms with Crippen molar-refractivity contribution in [2.45, 2.75) is 25.7 Å². The second kappa shape index (κ2) is 4.16. The highest BCUT2D eigenvalue weighted by Crippen LogP contribution is 2.39. The van der Waals surface area contributed by atoms with Gasteiger partial charge in [0.2, 0.25) is 0 Å². The van der Waals surface area contributed by atoms with Gasteiger partial charge in [-0.1, -0.05) is 13.0 Å². The summed E-state index contributed by atoms with van der Waals surface area (Å²) in [6.45, 7) is 1.96. The smallest absolute Gasteiger partial charge is 0.158 e. The summed E-state index contributed by atoms with van der Waals surface area (Å²) < 4.78 is 0. The van der Waals surface area contributed by atoms with E-state index in [1.165, 1.54) is 11.3 Å². The van der Waals surface area contributed by atoms with Crippen molar-refractivity contribution in [2.24, 2.45) is 11.8 Å². The highest BCUT2D eigenvalue weighted by atomic mass is 32.1. The number of nitrogens with zero attached hydrogens (tertiary/aromatic N) is 1. The lowest BCUT2D eigenvalue weighted by Gasteiger charge is -2.12. The summed E-state index contributed by atoms with van der Waals surface area (Å²) in [6, 6.07) is 5.89. The molecule has 0 spiro atoms. The molecule has 15 heavy (non-hydrogen) atoms. The molecule has 1 saturated carbocycles. The average molecular weight is 219 g/mol. The fourth-order valence-corrected chi connectivity index (χ4v) is 2.59. The van der Waals surface area contributed by atoms with Crippen LogP contribution in [0.25, 0.3) is 0 Å². The Morgan fingerprint density at radius 3 is 2.87 bits per heavy atom. The zero-order valence-corrected chi connectivity index (χ0v) is 9.46. The first kappa shape index (κ1) is 10.4. The van der Waals surface area contributed by atoms with E-state index in [9.17, 15) is 4.79 Å². The van der Waals surface area contributed by atoms with Crippen molar-refractivity contribution in [1.29, 1.82) is 5.26 Å². The number of ketones is 1. The summed E-state index contributed by atoms with van der Waals surface area (Å²) >= 11 is 1.49. The minimum absolute atomic E-state index is 0.0525. The summed E-state index contributed by atoms with van der Waals surface area (Å²) in [5, 5.41) is 11.0. The minimum atomic E-state index is -0.541. The number of nitriles is 1. The Balaban J connectivity index is 2.13. The average Bonchev–Trinajstić information content (AvgIpc) is 2.96. The second-order valence-electron chi connectivity index (χ2n) is 4.11. The molecule has 2 rings (SSSR count). The van der Waals surface area contributed by atoms with Crippen LogP contribution in [-0.2, 0) is 4.79 Å². The van der Waals surface area contributed by atoms with Crippen LogP contribution < -0.4 is 0 Å². The van der Waals surface area contributed by atoms with Gasteiger partial charge in [0.15, 0.2) is 5.78 Å². The van der Waals surface area contributed by atoms with Gasteiger partial charge in [0.1, 0.15) is 5.92 Å². The van der Waals surface area contributed by atoms with Gasteiger partial charge in [0.25, 0.3) is 0 Å². The molecule has 1 aromatic heterocycles. The number of hydrogen-bond acceptors (Lipinski definition) is 3. The van der Waals surface area contributed by atoms with Gasteiger partial charge in [-0.3, -0.25) is 4.79 Å². The van der Waals surface area contributed by atoms with Gasteiger partial charge >= 0.3 is 0 Å². The molecule has 0 saturated heterocycles. The van der Waals surface area contributed by atoms with Gasteiger partial charge in [0.05, 0.1) is 6.07 Å². The maximum Gasteiger partial charge on any atom is 0.158 e. The second-order valence-corrected chi connectivity index (χ2v) is 5.09. The molecule has 78 valence electrons. The van der Waals surface area contributed by atoms with E-state index in [4.69, 9.17) is 5.26 Å². The standard InChI is InChI=1S/C12H13NOS/c1-8(9-4-5-9)12(14)10(7-13)11-3-2-6-15-11/h2-3,6,8-10H,4-5H2,1H3. The van der Waals surface area contributed by atoms with Gasteiger partial charge in [0, 0.05) is 10.8 Å². The van der Waals surface area contributed by atoms with E-state index >= 15 is 0 Å². The van der Waals surface area contributed by atoms with Crippen molar-refractivity contribution in [3.8, 4) is 6.07 Å². The zero-order chi connectivity index (χ0) is 10.8. The van der Waals surface area contributed by atoms with Crippen molar-refractivity contribution < 1.29 is 4.79 Å². The molecular weight excluding hydrogens is 206 g/mol. The summed E-state index contributed by atoms with van der Waals surface area (Å²) in [5.41, 5.74) is 0. The molecule has 1 aromatic rings. The lowest BCUT2D eigenvalue weighted by Crippen LogP contribution is -2.19. The fourth-order valence-electron chi connectivity index (χ4n) is 1.81. The number of rotatable bonds is 4. The maximum absolute atomic E-state index is 12.0. The molecule has 2 atom stereocenters. The van der Waals surface area contributed by atoms with Crippen molar-refractivity contribution in [3.05, 3.63) is 22.4 Å². The monoisotopic (exact) mass is 219 g/mol. The number of carbonyl (C=O) groups excluding carboxylic acids is 1. The van der Waals surface area contributed by atoms with Crippen molar-refractivity contribution in [3.63, 3.8) is 0 Å². The molecule has 2 unspecified atom stereocenters. The van der Waals surface area contributed by atoms with Gasteiger partial charge in [-0.15, -0.1) is 11.3 Å². The molecule has 0 amide bonds. The van der Waals surface area contributed by atoms with E-state index in [2.05, 4.69) is 6.07 Å². The first-order valence-electron chi connectivity index (χ1n) is 5.20. The maximum atomic E-state index is 12.0. The largest absolute Gasteiger partial charge is 0.297 e. The lowest BCUT2D eigenvalue weighted by molar-refractivity contribution is -0.123. The van der Waals surface area contributed by atoms with E-state index in [0.717, 1.165) is 17.7 Å². The molecule has 0 aliphatic heterocycles. The number of carbonyl (C=O) groups is 1. The molecule has 1 aliphatic carbocycles. The SMILES string of the molecule is CC(C(=O)C(C#N)c1cccs1)C1CC1. The zero-order valence-electron chi connectivity index (χ0n) is 8.64. The fraction of sp³-hybridized carbons (Fsp3) is 0.500. The Hall–Kier alpha value is -1.14. The summed E-state index contributed by atoms with van der Waals surface area (Å²) in [7, 11) is 0. The first-order valence-corrected chi connectivity index (χ1v) is 6.08. The highest BCUT2D eigenvalue weighted by molar-refractivity contribution is 7.10. The molecule has 0 aromatic carbocycles. The molecule has 1 fully saturated rings. The molecule has 0 bridgehead atoms. The summed E-state index contributed by atoms with van der Waals surface area (Å²) in [5.74, 6) is 0.146. The van der Waals surface area contributed by atoms with Crippen LogP contribution in [0.3, 0.4) is 0 Å². The lowest BCUT2D eigenvalue weighted by atomic mass is 9.90. The number of thiophene rings is 1. The summed E-state index contributed by atoms with van der Waals surface area (Å²) in [6.07, 6.45) is 2.30. The molecule has 0 N–H and O–H groups in total. The molecule has 1 aliphatic rings. The third-order valence-corrected chi connectivity index (χ3v) is 3.96. The third-order valence-electron chi connectivity index (χ3n) is 3.02.